The average molecular weight is 241 g/mol. The molecule has 0 spiro atoms. The van der Waals surface area contributed by atoms with Crippen LogP contribution in [0.2, 0.25) is 0 Å². The van der Waals surface area contributed by atoms with Crippen molar-refractivity contribution in [3.05, 3.63) is 36.0 Å². The minimum Gasteiger partial charge on any atom is -0.383 e. The Kier molecular flexibility index (Phi) is 3.75. The van der Waals surface area contributed by atoms with E-state index in [0.717, 1.165) is 23.1 Å². The summed E-state index contributed by atoms with van der Waals surface area (Å²) in [6.45, 7) is 1.36. The smallest absolute Gasteiger partial charge is 0.103 e. The zero-order valence-electron chi connectivity index (χ0n) is 10.6. The van der Waals surface area contributed by atoms with Gasteiger partial charge < -0.3 is 9.64 Å². The van der Waals surface area contributed by atoms with E-state index in [2.05, 4.69) is 11.1 Å². The molecule has 1 aromatic heterocycles. The van der Waals surface area contributed by atoms with Crippen molar-refractivity contribution < 1.29 is 4.74 Å². The number of pyridine rings is 1. The van der Waals surface area contributed by atoms with Crippen LogP contribution in [0, 0.1) is 11.3 Å². The van der Waals surface area contributed by atoms with Crippen LogP contribution >= 0.6 is 0 Å². The molecular weight excluding hydrogens is 226 g/mol. The van der Waals surface area contributed by atoms with E-state index in [4.69, 9.17) is 4.74 Å². The highest BCUT2D eigenvalue weighted by Gasteiger charge is 2.12. The number of ether oxygens (including phenoxy) is 1. The lowest BCUT2D eigenvalue weighted by Crippen LogP contribution is -2.23. The van der Waals surface area contributed by atoms with Crippen molar-refractivity contribution in [1.29, 1.82) is 5.26 Å². The quantitative estimate of drug-likeness (QED) is 0.823. The van der Waals surface area contributed by atoms with E-state index in [9.17, 15) is 5.26 Å². The van der Waals surface area contributed by atoms with Crippen molar-refractivity contribution in [2.24, 2.45) is 0 Å². The van der Waals surface area contributed by atoms with Gasteiger partial charge in [0.15, 0.2) is 0 Å². The molecule has 0 saturated carbocycles. The van der Waals surface area contributed by atoms with E-state index < -0.39 is 0 Å². The number of para-hydroxylation sites is 1. The lowest BCUT2D eigenvalue weighted by Gasteiger charge is -2.21. The Labute approximate surface area is 106 Å². The van der Waals surface area contributed by atoms with Gasteiger partial charge in [-0.2, -0.15) is 5.26 Å². The number of likely N-dealkylation sites (N-methyl/N-ethyl adjacent to an activating group) is 1. The van der Waals surface area contributed by atoms with Gasteiger partial charge in [-0.15, -0.1) is 0 Å². The van der Waals surface area contributed by atoms with E-state index in [1.165, 1.54) is 0 Å². The highest BCUT2D eigenvalue weighted by molar-refractivity contribution is 5.94. The maximum atomic E-state index is 9.20. The van der Waals surface area contributed by atoms with E-state index in [1.807, 2.05) is 36.2 Å². The molecule has 0 unspecified atom stereocenters. The Morgan fingerprint density at radius 1 is 1.39 bits per heavy atom. The summed E-state index contributed by atoms with van der Waals surface area (Å²) in [4.78, 5) is 6.33. The number of nitrogens with zero attached hydrogens (tertiary/aromatic N) is 3. The first kappa shape index (κ1) is 12.3. The van der Waals surface area contributed by atoms with Crippen molar-refractivity contribution in [2.75, 3.05) is 32.2 Å². The first-order valence-corrected chi connectivity index (χ1v) is 5.76. The Hall–Kier alpha value is -2.12. The Morgan fingerprint density at radius 3 is 2.89 bits per heavy atom. The Bertz CT molecular complexity index is 589. The fraction of sp³-hybridized carbons (Fsp3) is 0.286. The second-order valence-electron chi connectivity index (χ2n) is 4.06. The molecule has 0 amide bonds. The third-order valence-corrected chi connectivity index (χ3v) is 2.88. The maximum absolute atomic E-state index is 9.20. The standard InChI is InChI=1S/C14H15N3O/c1-17(7-8-18-2)14-11(9-15)10-16-13-6-4-3-5-12(13)14/h3-6,10H,7-8H2,1-2H3. The van der Waals surface area contributed by atoms with Crippen LogP contribution in [0.15, 0.2) is 30.5 Å². The van der Waals surface area contributed by atoms with Gasteiger partial charge in [-0.05, 0) is 6.07 Å². The highest BCUT2D eigenvalue weighted by atomic mass is 16.5. The molecule has 0 bridgehead atoms. The maximum Gasteiger partial charge on any atom is 0.103 e. The number of hydrogen-bond acceptors (Lipinski definition) is 4. The van der Waals surface area contributed by atoms with E-state index >= 15 is 0 Å². The molecular formula is C14H15N3O. The van der Waals surface area contributed by atoms with E-state index in [0.29, 0.717) is 12.2 Å². The minimum absolute atomic E-state index is 0.590. The number of nitriles is 1. The summed E-state index contributed by atoms with van der Waals surface area (Å²) < 4.78 is 5.08. The number of rotatable bonds is 4. The van der Waals surface area contributed by atoms with Gasteiger partial charge in [0.1, 0.15) is 6.07 Å². The minimum atomic E-state index is 0.590. The topological polar surface area (TPSA) is 49.1 Å². The summed E-state index contributed by atoms with van der Waals surface area (Å²) in [5.41, 5.74) is 2.41. The van der Waals surface area contributed by atoms with Crippen LogP contribution in [0.5, 0.6) is 0 Å². The van der Waals surface area contributed by atoms with Gasteiger partial charge in [-0.3, -0.25) is 4.98 Å². The Morgan fingerprint density at radius 2 is 2.17 bits per heavy atom. The first-order valence-electron chi connectivity index (χ1n) is 5.76. The number of methoxy groups -OCH3 is 1. The second-order valence-corrected chi connectivity index (χ2v) is 4.06. The molecule has 0 aliphatic rings. The van der Waals surface area contributed by atoms with Crippen LogP contribution in [-0.2, 0) is 4.74 Å². The molecule has 18 heavy (non-hydrogen) atoms. The fourth-order valence-electron chi connectivity index (χ4n) is 1.96. The van der Waals surface area contributed by atoms with Crippen molar-refractivity contribution >= 4 is 16.6 Å². The molecule has 0 aliphatic carbocycles. The van der Waals surface area contributed by atoms with Gasteiger partial charge in [-0.1, -0.05) is 18.2 Å². The summed E-state index contributed by atoms with van der Waals surface area (Å²) in [5.74, 6) is 0. The SMILES string of the molecule is COCCN(C)c1c(C#N)cnc2ccccc12. The van der Waals surface area contributed by atoms with Crippen molar-refractivity contribution in [3.8, 4) is 6.07 Å². The summed E-state index contributed by atoms with van der Waals surface area (Å²) in [6, 6.07) is 10.0. The number of benzene rings is 1. The van der Waals surface area contributed by atoms with Gasteiger partial charge in [0.2, 0.25) is 0 Å². The third kappa shape index (κ3) is 2.27. The van der Waals surface area contributed by atoms with Crippen LogP contribution in [0.1, 0.15) is 5.56 Å². The summed E-state index contributed by atoms with van der Waals surface area (Å²) in [6.07, 6.45) is 1.63. The van der Waals surface area contributed by atoms with Crippen molar-refractivity contribution in [2.45, 2.75) is 0 Å². The first-order chi connectivity index (χ1) is 8.77. The molecule has 0 saturated heterocycles. The lowest BCUT2D eigenvalue weighted by molar-refractivity contribution is 0.206. The van der Waals surface area contributed by atoms with Gasteiger partial charge in [-0.25, -0.2) is 0 Å². The van der Waals surface area contributed by atoms with Gasteiger partial charge in [0.25, 0.3) is 0 Å². The van der Waals surface area contributed by atoms with Gasteiger partial charge >= 0.3 is 0 Å². The molecule has 4 nitrogen and oxygen atoms in total. The fourth-order valence-corrected chi connectivity index (χ4v) is 1.96. The summed E-state index contributed by atoms with van der Waals surface area (Å²) >= 11 is 0. The van der Waals surface area contributed by atoms with E-state index in [1.54, 1.807) is 13.3 Å². The number of anilines is 1. The normalized spacial score (nSPS) is 10.3. The zero-order valence-corrected chi connectivity index (χ0v) is 10.6. The van der Waals surface area contributed by atoms with Gasteiger partial charge in [0.05, 0.1) is 23.4 Å². The number of fused-ring (bicyclic) bond motifs is 1. The van der Waals surface area contributed by atoms with Crippen LogP contribution < -0.4 is 4.90 Å². The molecule has 2 aromatic rings. The number of hydrogen-bond donors (Lipinski definition) is 0. The van der Waals surface area contributed by atoms with E-state index in [-0.39, 0.29) is 0 Å². The van der Waals surface area contributed by atoms with Gasteiger partial charge in [0, 0.05) is 32.3 Å². The van der Waals surface area contributed by atoms with Crippen molar-refractivity contribution in [3.63, 3.8) is 0 Å². The van der Waals surface area contributed by atoms with Crippen LogP contribution in [-0.4, -0.2) is 32.3 Å². The molecule has 0 radical (unpaired) electrons. The molecule has 0 aliphatic heterocycles. The predicted octanol–water partition coefficient (Wildman–Crippen LogP) is 2.19. The number of aromatic nitrogens is 1. The molecule has 0 atom stereocenters. The lowest BCUT2D eigenvalue weighted by atomic mass is 10.1. The third-order valence-electron chi connectivity index (χ3n) is 2.88. The molecule has 92 valence electrons. The van der Waals surface area contributed by atoms with Crippen LogP contribution in [0.25, 0.3) is 10.9 Å². The average Bonchev–Trinajstić information content (AvgIpc) is 2.43. The van der Waals surface area contributed by atoms with Crippen LogP contribution in [0.3, 0.4) is 0 Å². The van der Waals surface area contributed by atoms with Crippen molar-refractivity contribution in [1.82, 2.24) is 4.98 Å². The zero-order chi connectivity index (χ0) is 13.0. The molecule has 4 heteroatoms. The Balaban J connectivity index is 2.54. The second kappa shape index (κ2) is 5.48. The summed E-state index contributed by atoms with van der Waals surface area (Å²) in [5, 5.41) is 10.2. The molecule has 0 N–H and O–H groups in total. The summed E-state index contributed by atoms with van der Waals surface area (Å²) in [7, 11) is 3.63. The monoisotopic (exact) mass is 241 g/mol. The molecule has 1 heterocycles. The molecule has 0 fully saturated rings. The molecule has 2 rings (SSSR count). The highest BCUT2D eigenvalue weighted by Crippen LogP contribution is 2.28. The predicted molar refractivity (Wildman–Crippen MR) is 71.6 cm³/mol. The largest absolute Gasteiger partial charge is 0.383 e. The van der Waals surface area contributed by atoms with Crippen LogP contribution in [0.4, 0.5) is 5.69 Å². The molecule has 1 aromatic carbocycles.